The first kappa shape index (κ1) is 31.7. The van der Waals surface area contributed by atoms with Crippen LogP contribution in [0.3, 0.4) is 0 Å². The molecule has 0 saturated carbocycles. The predicted molar refractivity (Wildman–Crippen MR) is 201 cm³/mol. The van der Waals surface area contributed by atoms with Crippen LogP contribution in [0.1, 0.15) is 76.1 Å². The summed E-state index contributed by atoms with van der Waals surface area (Å²) in [5.74, 6) is -1.10. The summed E-state index contributed by atoms with van der Waals surface area (Å²) < 4.78 is 5.57. The standard InChI is InChI=1S/C45H44O3/c1-7-21-48-40(43(46)47)24-29-11-10-13-32(23-29)41-35-14-9-8-12-30(35)15-17-36(41)38-25-31-16-18-37-34-19-20-44(3,4)26-33(34)27-45(5,6)42(37)39(31)22-28(38)2/h8-20,22-25H,7,21,26-27H2,1-6H3,(H,46,47). The summed E-state index contributed by atoms with van der Waals surface area (Å²) in [6, 6.07) is 30.5. The fourth-order valence-electron chi connectivity index (χ4n) is 8.03. The number of ether oxygens (including phenoxy) is 1. The zero-order valence-corrected chi connectivity index (χ0v) is 28.9. The molecular formula is C45H44O3. The molecule has 0 aliphatic heterocycles. The van der Waals surface area contributed by atoms with E-state index in [2.05, 4.69) is 120 Å². The van der Waals surface area contributed by atoms with Crippen molar-refractivity contribution in [3.63, 3.8) is 0 Å². The maximum absolute atomic E-state index is 11.9. The summed E-state index contributed by atoms with van der Waals surface area (Å²) in [4.78, 5) is 11.9. The molecule has 3 nitrogen and oxygen atoms in total. The summed E-state index contributed by atoms with van der Waals surface area (Å²) in [7, 11) is 0. The molecule has 5 aromatic rings. The first-order chi connectivity index (χ1) is 23.0. The van der Waals surface area contributed by atoms with Crippen LogP contribution in [0.25, 0.3) is 55.4 Å². The number of carboxylic acids is 1. The summed E-state index contributed by atoms with van der Waals surface area (Å²) in [6.45, 7) is 14.1. The van der Waals surface area contributed by atoms with Gasteiger partial charge in [0, 0.05) is 0 Å². The van der Waals surface area contributed by atoms with Crippen LogP contribution in [0, 0.1) is 12.3 Å². The number of carboxylic acid groups (broad SMARTS) is 1. The van der Waals surface area contributed by atoms with E-state index in [9.17, 15) is 9.90 Å². The minimum Gasteiger partial charge on any atom is -0.487 e. The molecule has 0 heterocycles. The highest BCUT2D eigenvalue weighted by molar-refractivity contribution is 6.06. The van der Waals surface area contributed by atoms with Crippen molar-refractivity contribution in [2.24, 2.45) is 5.41 Å². The molecular weight excluding hydrogens is 588 g/mol. The van der Waals surface area contributed by atoms with Gasteiger partial charge in [-0.25, -0.2) is 4.79 Å². The third-order valence-corrected chi connectivity index (χ3v) is 10.1. The van der Waals surface area contributed by atoms with Crippen LogP contribution in [0.4, 0.5) is 0 Å². The molecule has 0 aromatic heterocycles. The molecule has 1 N–H and O–H groups in total. The molecule has 0 spiro atoms. The molecule has 2 aliphatic carbocycles. The second-order valence-corrected chi connectivity index (χ2v) is 14.9. The first-order valence-electron chi connectivity index (χ1n) is 17.2. The molecule has 48 heavy (non-hydrogen) atoms. The van der Waals surface area contributed by atoms with Gasteiger partial charge >= 0.3 is 5.97 Å². The van der Waals surface area contributed by atoms with Gasteiger partial charge in [-0.1, -0.05) is 125 Å². The molecule has 0 saturated heterocycles. The lowest BCUT2D eigenvalue weighted by Crippen LogP contribution is -2.27. The lowest BCUT2D eigenvalue weighted by atomic mass is 9.64. The maximum Gasteiger partial charge on any atom is 0.371 e. The van der Waals surface area contributed by atoms with Crippen molar-refractivity contribution in [2.75, 3.05) is 6.61 Å². The molecule has 7 rings (SSSR count). The van der Waals surface area contributed by atoms with Gasteiger partial charge in [0.05, 0.1) is 6.61 Å². The monoisotopic (exact) mass is 632 g/mol. The van der Waals surface area contributed by atoms with Crippen molar-refractivity contribution in [2.45, 2.75) is 66.2 Å². The van der Waals surface area contributed by atoms with Crippen LogP contribution >= 0.6 is 0 Å². The van der Waals surface area contributed by atoms with E-state index in [1.54, 1.807) is 11.6 Å². The van der Waals surface area contributed by atoms with Crippen molar-refractivity contribution >= 4 is 39.2 Å². The number of aryl methyl sites for hydroxylation is 1. The lowest BCUT2D eigenvalue weighted by molar-refractivity contribution is -0.136. The van der Waals surface area contributed by atoms with Crippen molar-refractivity contribution in [1.82, 2.24) is 0 Å². The molecule has 0 unspecified atom stereocenters. The van der Waals surface area contributed by atoms with Gasteiger partial charge in [0.25, 0.3) is 0 Å². The second kappa shape index (κ2) is 12.0. The minimum absolute atomic E-state index is 0.0284. The van der Waals surface area contributed by atoms with E-state index in [0.29, 0.717) is 6.61 Å². The zero-order chi connectivity index (χ0) is 33.8. The molecule has 0 fully saturated rings. The van der Waals surface area contributed by atoms with Gasteiger partial charge in [0.15, 0.2) is 0 Å². The highest BCUT2D eigenvalue weighted by atomic mass is 16.5. The van der Waals surface area contributed by atoms with Crippen LogP contribution in [0.15, 0.2) is 108 Å². The number of carbonyl (C=O) groups is 1. The zero-order valence-electron chi connectivity index (χ0n) is 28.9. The van der Waals surface area contributed by atoms with E-state index in [1.165, 1.54) is 38.6 Å². The number of aliphatic carboxylic acids is 1. The Morgan fingerprint density at radius 2 is 1.60 bits per heavy atom. The molecule has 3 heteroatoms. The molecule has 0 bridgehead atoms. The second-order valence-electron chi connectivity index (χ2n) is 14.9. The van der Waals surface area contributed by atoms with Crippen LogP contribution in [-0.2, 0) is 14.9 Å². The smallest absolute Gasteiger partial charge is 0.371 e. The fraction of sp³-hybridized carbons (Fsp3) is 0.267. The summed E-state index contributed by atoms with van der Waals surface area (Å²) in [5.41, 5.74) is 12.6. The van der Waals surface area contributed by atoms with Crippen LogP contribution < -0.4 is 0 Å². The molecule has 0 atom stereocenters. The Morgan fingerprint density at radius 1 is 0.833 bits per heavy atom. The number of allylic oxidation sites excluding steroid dienone is 4. The summed E-state index contributed by atoms with van der Waals surface area (Å²) >= 11 is 0. The van der Waals surface area contributed by atoms with Gasteiger partial charge < -0.3 is 9.84 Å². The highest BCUT2D eigenvalue weighted by Gasteiger charge is 2.36. The van der Waals surface area contributed by atoms with E-state index in [-0.39, 0.29) is 16.6 Å². The Labute approximate surface area is 284 Å². The van der Waals surface area contributed by atoms with E-state index < -0.39 is 5.97 Å². The van der Waals surface area contributed by atoms with E-state index in [4.69, 9.17) is 4.74 Å². The number of hydrogen-bond acceptors (Lipinski definition) is 2. The van der Waals surface area contributed by atoms with Gasteiger partial charge in [-0.15, -0.1) is 0 Å². The lowest BCUT2D eigenvalue weighted by Gasteiger charge is -2.40. The summed E-state index contributed by atoms with van der Waals surface area (Å²) in [6.07, 6.45) is 9.32. The van der Waals surface area contributed by atoms with E-state index in [1.807, 2.05) is 19.1 Å². The number of fused-ring (bicyclic) bond motifs is 5. The van der Waals surface area contributed by atoms with Crippen LogP contribution in [0.2, 0.25) is 0 Å². The summed E-state index contributed by atoms with van der Waals surface area (Å²) in [5, 5.41) is 14.7. The van der Waals surface area contributed by atoms with Gasteiger partial charge in [-0.3, -0.25) is 0 Å². The van der Waals surface area contributed by atoms with Gasteiger partial charge in [-0.2, -0.15) is 0 Å². The van der Waals surface area contributed by atoms with Crippen LogP contribution in [-0.4, -0.2) is 17.7 Å². The predicted octanol–water partition coefficient (Wildman–Crippen LogP) is 11.9. The van der Waals surface area contributed by atoms with Crippen molar-refractivity contribution in [3.05, 3.63) is 131 Å². The average molecular weight is 633 g/mol. The molecule has 0 amide bonds. The largest absolute Gasteiger partial charge is 0.487 e. The molecule has 242 valence electrons. The number of rotatable bonds is 7. The van der Waals surface area contributed by atoms with Gasteiger partial charge in [-0.05, 0) is 127 Å². The molecule has 5 aromatic carbocycles. The fourth-order valence-corrected chi connectivity index (χ4v) is 8.03. The van der Waals surface area contributed by atoms with Crippen LogP contribution in [0.5, 0.6) is 0 Å². The Balaban J connectivity index is 1.41. The van der Waals surface area contributed by atoms with Crippen molar-refractivity contribution in [1.29, 1.82) is 0 Å². The third kappa shape index (κ3) is 5.66. The number of hydrogen-bond donors (Lipinski definition) is 1. The van der Waals surface area contributed by atoms with Crippen molar-refractivity contribution in [3.8, 4) is 22.3 Å². The Kier molecular flexibility index (Phi) is 7.90. The van der Waals surface area contributed by atoms with E-state index in [0.717, 1.165) is 52.3 Å². The molecule has 0 radical (unpaired) electrons. The first-order valence-corrected chi connectivity index (χ1v) is 17.2. The molecule has 2 aliphatic rings. The SMILES string of the molecule is CCCOC(=Cc1cccc(-c2c(-c3cc4ccc5c(c4cc3C)C(C)(C)CC3=C5C=CC(C)(C)C3)ccc3ccccc23)c1)C(=O)O. The quantitative estimate of drug-likeness (QED) is 0.143. The van der Waals surface area contributed by atoms with Crippen molar-refractivity contribution < 1.29 is 14.6 Å². The van der Waals surface area contributed by atoms with Gasteiger partial charge in [0.1, 0.15) is 0 Å². The average Bonchev–Trinajstić information content (AvgIpc) is 3.04. The normalized spacial score (nSPS) is 16.6. The van der Waals surface area contributed by atoms with E-state index >= 15 is 0 Å². The Morgan fingerprint density at radius 3 is 2.40 bits per heavy atom. The van der Waals surface area contributed by atoms with Gasteiger partial charge in [0.2, 0.25) is 5.76 Å². The Hall–Kier alpha value is -4.89. The topological polar surface area (TPSA) is 46.5 Å². The number of benzene rings is 5. The Bertz CT molecular complexity index is 2210. The highest BCUT2D eigenvalue weighted by Crippen LogP contribution is 2.52. The maximum atomic E-state index is 11.9. The third-order valence-electron chi connectivity index (χ3n) is 10.1. The minimum atomic E-state index is -1.06.